The Kier molecular flexibility index (Phi) is 5.37. The molecule has 0 saturated carbocycles. The van der Waals surface area contributed by atoms with Gasteiger partial charge in [0.05, 0.1) is 11.3 Å². The van der Waals surface area contributed by atoms with Gasteiger partial charge in [0.15, 0.2) is 11.6 Å². The Labute approximate surface area is 166 Å². The van der Waals surface area contributed by atoms with Crippen molar-refractivity contribution >= 4 is 34.5 Å². The van der Waals surface area contributed by atoms with E-state index in [4.69, 9.17) is 27.5 Å². The van der Waals surface area contributed by atoms with Gasteiger partial charge in [0.1, 0.15) is 5.75 Å². The number of likely N-dealkylation sites (N-methyl/N-ethyl adjacent to an activating group) is 1. The smallest absolute Gasteiger partial charge is 0.261 e. The molecule has 4 N–H and O–H groups in total. The van der Waals surface area contributed by atoms with Gasteiger partial charge < -0.3 is 20.7 Å². The summed E-state index contributed by atoms with van der Waals surface area (Å²) in [6.45, 7) is 0. The van der Waals surface area contributed by atoms with Crippen LogP contribution in [0.3, 0.4) is 0 Å². The first-order valence-electron chi connectivity index (χ1n) is 8.30. The van der Waals surface area contributed by atoms with Crippen LogP contribution in [-0.2, 0) is 4.79 Å². The SMILES string of the molecule is CN/C=C1\C(=N)C(c2cc(N)ccc2Oc2ccc(Cl)cc2F)=CN(C)C1=O. The monoisotopic (exact) mass is 400 g/mol. The minimum absolute atomic E-state index is 0.00415. The van der Waals surface area contributed by atoms with Gasteiger partial charge in [0.2, 0.25) is 0 Å². The van der Waals surface area contributed by atoms with E-state index in [1.807, 2.05) is 0 Å². The fraction of sp³-hybridized carbons (Fsp3) is 0.100. The van der Waals surface area contributed by atoms with Gasteiger partial charge in [0.25, 0.3) is 5.91 Å². The molecule has 0 radical (unpaired) electrons. The van der Waals surface area contributed by atoms with Crippen LogP contribution in [0.1, 0.15) is 5.56 Å². The maximum absolute atomic E-state index is 14.2. The van der Waals surface area contributed by atoms with E-state index in [0.29, 0.717) is 16.8 Å². The fourth-order valence-electron chi connectivity index (χ4n) is 2.76. The van der Waals surface area contributed by atoms with Crippen molar-refractivity contribution in [1.29, 1.82) is 5.41 Å². The van der Waals surface area contributed by atoms with Crippen molar-refractivity contribution in [3.8, 4) is 11.5 Å². The van der Waals surface area contributed by atoms with E-state index in [-0.39, 0.29) is 33.7 Å². The number of carbonyl (C=O) groups excluding carboxylic acids is 1. The van der Waals surface area contributed by atoms with E-state index < -0.39 is 5.82 Å². The van der Waals surface area contributed by atoms with E-state index in [0.717, 1.165) is 6.07 Å². The number of nitrogens with one attached hydrogen (secondary N) is 2. The number of rotatable bonds is 4. The molecule has 0 spiro atoms. The lowest BCUT2D eigenvalue weighted by atomic mass is 9.92. The highest BCUT2D eigenvalue weighted by Crippen LogP contribution is 2.36. The number of halogens is 2. The van der Waals surface area contributed by atoms with Crippen molar-refractivity contribution in [3.63, 3.8) is 0 Å². The second kappa shape index (κ2) is 7.74. The molecule has 1 heterocycles. The van der Waals surface area contributed by atoms with Crippen LogP contribution in [0.5, 0.6) is 11.5 Å². The van der Waals surface area contributed by atoms with E-state index >= 15 is 0 Å². The molecule has 144 valence electrons. The lowest BCUT2D eigenvalue weighted by Gasteiger charge is -2.25. The quantitative estimate of drug-likeness (QED) is 0.538. The zero-order chi connectivity index (χ0) is 20.4. The Balaban J connectivity index is 2.10. The molecule has 0 atom stereocenters. The number of nitrogens with zero attached hydrogens (tertiary/aromatic N) is 1. The number of nitrogens with two attached hydrogens (primary N) is 1. The Hall–Kier alpha value is -3.32. The number of nitrogen functional groups attached to an aromatic ring is 1. The Bertz CT molecular complexity index is 1030. The largest absolute Gasteiger partial charge is 0.454 e. The summed E-state index contributed by atoms with van der Waals surface area (Å²) in [5.41, 5.74) is 7.43. The predicted octanol–water partition coefficient (Wildman–Crippen LogP) is 3.79. The standard InChI is InChI=1S/C20H18ClFN4O2/c1-25-9-14-19(24)15(10-26(2)20(14)27)13-8-12(23)4-6-17(13)28-18-5-3-11(21)7-16(18)22/h3-10,24-25H,23H2,1-2H3/b14-9+,24-19?. The summed E-state index contributed by atoms with van der Waals surface area (Å²) in [7, 11) is 3.23. The maximum Gasteiger partial charge on any atom is 0.261 e. The topological polar surface area (TPSA) is 91.4 Å². The third-order valence-corrected chi connectivity index (χ3v) is 4.34. The summed E-state index contributed by atoms with van der Waals surface area (Å²) in [5.74, 6) is -0.670. The molecule has 8 heteroatoms. The molecule has 1 aliphatic heterocycles. The molecule has 0 aliphatic carbocycles. The van der Waals surface area contributed by atoms with Gasteiger partial charge >= 0.3 is 0 Å². The minimum Gasteiger partial charge on any atom is -0.454 e. The highest BCUT2D eigenvalue weighted by Gasteiger charge is 2.29. The number of benzene rings is 2. The van der Waals surface area contributed by atoms with E-state index in [1.54, 1.807) is 32.3 Å². The minimum atomic E-state index is -0.619. The van der Waals surface area contributed by atoms with Crippen LogP contribution < -0.4 is 15.8 Å². The fourth-order valence-corrected chi connectivity index (χ4v) is 2.92. The van der Waals surface area contributed by atoms with Gasteiger partial charge in [-0.25, -0.2) is 4.39 Å². The maximum atomic E-state index is 14.2. The third-order valence-electron chi connectivity index (χ3n) is 4.11. The number of anilines is 1. The Morgan fingerprint density at radius 1 is 1.25 bits per heavy atom. The second-order valence-corrected chi connectivity index (χ2v) is 6.55. The van der Waals surface area contributed by atoms with Crippen LogP contribution in [-0.4, -0.2) is 30.6 Å². The van der Waals surface area contributed by atoms with Crippen LogP contribution in [0.2, 0.25) is 5.02 Å². The average molecular weight is 401 g/mol. The van der Waals surface area contributed by atoms with Crippen LogP contribution in [0.4, 0.5) is 10.1 Å². The lowest BCUT2D eigenvalue weighted by molar-refractivity contribution is -0.123. The number of amides is 1. The molecule has 0 saturated heterocycles. The zero-order valence-corrected chi connectivity index (χ0v) is 16.0. The number of carbonyl (C=O) groups is 1. The summed E-state index contributed by atoms with van der Waals surface area (Å²) < 4.78 is 19.9. The van der Waals surface area contributed by atoms with Gasteiger partial charge in [-0.3, -0.25) is 10.2 Å². The predicted molar refractivity (Wildman–Crippen MR) is 108 cm³/mol. The van der Waals surface area contributed by atoms with Crippen molar-refractivity contribution < 1.29 is 13.9 Å². The van der Waals surface area contributed by atoms with Crippen LogP contribution >= 0.6 is 11.6 Å². The summed E-state index contributed by atoms with van der Waals surface area (Å²) in [4.78, 5) is 13.7. The molecule has 3 rings (SSSR count). The molecule has 1 aliphatic rings. The number of hydrogen-bond donors (Lipinski definition) is 3. The Morgan fingerprint density at radius 3 is 2.64 bits per heavy atom. The highest BCUT2D eigenvalue weighted by atomic mass is 35.5. The number of hydrogen-bond acceptors (Lipinski definition) is 5. The van der Waals surface area contributed by atoms with Gasteiger partial charge in [-0.15, -0.1) is 0 Å². The molecule has 6 nitrogen and oxygen atoms in total. The molecule has 28 heavy (non-hydrogen) atoms. The first kappa shape index (κ1) is 19.4. The molecule has 2 aromatic rings. The molecular weight excluding hydrogens is 383 g/mol. The first-order chi connectivity index (χ1) is 13.3. The normalized spacial score (nSPS) is 15.6. The second-order valence-electron chi connectivity index (χ2n) is 6.11. The molecule has 0 aromatic heterocycles. The van der Waals surface area contributed by atoms with Crippen molar-refractivity contribution in [2.45, 2.75) is 0 Å². The van der Waals surface area contributed by atoms with Gasteiger partial charge in [-0.05, 0) is 36.4 Å². The Morgan fingerprint density at radius 2 is 1.96 bits per heavy atom. The first-order valence-corrected chi connectivity index (χ1v) is 8.68. The van der Waals surface area contributed by atoms with E-state index in [9.17, 15) is 9.18 Å². The summed E-state index contributed by atoms with van der Waals surface area (Å²) in [6.07, 6.45) is 2.98. The number of ether oxygens (including phenoxy) is 1. The molecule has 2 aromatic carbocycles. The zero-order valence-electron chi connectivity index (χ0n) is 15.2. The van der Waals surface area contributed by atoms with Gasteiger partial charge in [-0.1, -0.05) is 11.6 Å². The van der Waals surface area contributed by atoms with Crippen molar-refractivity contribution in [1.82, 2.24) is 10.2 Å². The summed E-state index contributed by atoms with van der Waals surface area (Å²) >= 11 is 5.79. The molecular formula is C20H18ClFN4O2. The van der Waals surface area contributed by atoms with Crippen LogP contribution in [0.15, 0.2) is 54.4 Å². The van der Waals surface area contributed by atoms with E-state index in [1.165, 1.54) is 29.4 Å². The van der Waals surface area contributed by atoms with Crippen molar-refractivity contribution in [2.75, 3.05) is 19.8 Å². The lowest BCUT2D eigenvalue weighted by Crippen LogP contribution is -2.33. The molecule has 0 fully saturated rings. The molecule has 1 amide bonds. The summed E-state index contributed by atoms with van der Waals surface area (Å²) in [6, 6.07) is 8.89. The van der Waals surface area contributed by atoms with Crippen molar-refractivity contribution in [2.24, 2.45) is 0 Å². The average Bonchev–Trinajstić information content (AvgIpc) is 2.65. The van der Waals surface area contributed by atoms with Crippen LogP contribution in [0.25, 0.3) is 5.57 Å². The molecule has 0 bridgehead atoms. The van der Waals surface area contributed by atoms with Crippen LogP contribution in [0, 0.1) is 11.2 Å². The van der Waals surface area contributed by atoms with Crippen molar-refractivity contribution in [3.05, 3.63) is 70.8 Å². The highest BCUT2D eigenvalue weighted by molar-refractivity contribution is 6.41. The van der Waals surface area contributed by atoms with Gasteiger partial charge in [0, 0.05) is 48.3 Å². The number of allylic oxidation sites excluding steroid dienone is 1. The third kappa shape index (κ3) is 3.70. The summed E-state index contributed by atoms with van der Waals surface area (Å²) in [5, 5.41) is 11.5. The van der Waals surface area contributed by atoms with Gasteiger partial charge in [-0.2, -0.15) is 0 Å². The van der Waals surface area contributed by atoms with E-state index in [2.05, 4.69) is 5.32 Å². The molecule has 0 unspecified atom stereocenters.